The first-order chi connectivity index (χ1) is 17.7. The molecule has 37 heavy (non-hydrogen) atoms. The van der Waals surface area contributed by atoms with Crippen LogP contribution in [0, 0.1) is 25.7 Å². The van der Waals surface area contributed by atoms with Gasteiger partial charge in [0.15, 0.2) is 0 Å². The van der Waals surface area contributed by atoms with Gasteiger partial charge in [0, 0.05) is 39.0 Å². The molecule has 3 amide bonds. The van der Waals surface area contributed by atoms with Crippen LogP contribution in [-0.2, 0) is 19.1 Å². The zero-order chi connectivity index (χ0) is 26.5. The third-order valence-corrected chi connectivity index (χ3v) is 8.66. The molecule has 1 aromatic rings. The van der Waals surface area contributed by atoms with Crippen molar-refractivity contribution in [1.29, 1.82) is 0 Å². The van der Waals surface area contributed by atoms with Crippen LogP contribution in [0.5, 0.6) is 0 Å². The number of aryl methyl sites for hydroxylation is 2. The Bertz CT molecular complexity index is 1160. The first kappa shape index (κ1) is 25.7. The number of likely N-dealkylation sites (tertiary alicyclic amines) is 1. The van der Waals surface area contributed by atoms with Crippen molar-refractivity contribution in [3.05, 3.63) is 53.6 Å². The van der Waals surface area contributed by atoms with E-state index < -0.39 is 29.1 Å². The van der Waals surface area contributed by atoms with Gasteiger partial charge in [0.05, 0.1) is 17.4 Å². The summed E-state index contributed by atoms with van der Waals surface area (Å²) in [5.74, 6) is -2.07. The second-order valence-corrected chi connectivity index (χ2v) is 10.8. The van der Waals surface area contributed by atoms with Crippen molar-refractivity contribution < 1.29 is 24.2 Å². The van der Waals surface area contributed by atoms with Crippen LogP contribution in [0.25, 0.3) is 0 Å². The van der Waals surface area contributed by atoms with Crippen molar-refractivity contribution in [3.63, 3.8) is 0 Å². The smallest absolute Gasteiger partial charge is 0.253 e. The molecule has 1 aromatic carbocycles. The van der Waals surface area contributed by atoms with E-state index in [4.69, 9.17) is 4.74 Å². The number of unbranched alkanes of at least 4 members (excludes halogenated alkanes) is 1. The fourth-order valence-electron chi connectivity index (χ4n) is 6.95. The number of carbonyl (C=O) groups is 3. The number of amides is 3. The highest BCUT2D eigenvalue weighted by Gasteiger charge is 2.75. The molecule has 0 radical (unpaired) electrons. The van der Waals surface area contributed by atoms with E-state index in [9.17, 15) is 19.5 Å². The number of aliphatic hydroxyl groups is 1. The van der Waals surface area contributed by atoms with E-state index in [1.165, 1.54) is 0 Å². The molecule has 4 heterocycles. The van der Waals surface area contributed by atoms with E-state index in [0.717, 1.165) is 16.8 Å². The minimum atomic E-state index is -1.25. The summed E-state index contributed by atoms with van der Waals surface area (Å²) in [7, 11) is 1.75. The Morgan fingerprint density at radius 3 is 2.35 bits per heavy atom. The topological polar surface area (TPSA) is 90.4 Å². The lowest BCUT2D eigenvalue weighted by atomic mass is 9.73. The van der Waals surface area contributed by atoms with Gasteiger partial charge in [-0.05, 0) is 44.2 Å². The molecule has 8 nitrogen and oxygen atoms in total. The van der Waals surface area contributed by atoms with Crippen molar-refractivity contribution in [2.45, 2.75) is 57.3 Å². The second-order valence-electron chi connectivity index (χ2n) is 10.8. The maximum absolute atomic E-state index is 14.5. The minimum absolute atomic E-state index is 0.00972. The highest BCUT2D eigenvalue weighted by molar-refractivity contribution is 6.06. The average molecular weight is 508 g/mol. The summed E-state index contributed by atoms with van der Waals surface area (Å²) in [6.45, 7) is 7.07. The second kappa shape index (κ2) is 9.40. The number of para-hydroxylation sites is 1. The highest BCUT2D eigenvalue weighted by Crippen LogP contribution is 2.58. The Hall–Kier alpha value is -2.97. The van der Waals surface area contributed by atoms with Gasteiger partial charge in [-0.25, -0.2) is 0 Å². The minimum Gasteiger partial charge on any atom is -0.396 e. The third-order valence-electron chi connectivity index (χ3n) is 8.66. The van der Waals surface area contributed by atoms with Gasteiger partial charge in [0.1, 0.15) is 11.6 Å². The van der Waals surface area contributed by atoms with Crippen LogP contribution < -0.4 is 4.90 Å². The van der Waals surface area contributed by atoms with E-state index in [1.807, 2.05) is 63.3 Å². The number of benzene rings is 1. The molecule has 5 atom stereocenters. The van der Waals surface area contributed by atoms with Gasteiger partial charge in [0.2, 0.25) is 11.8 Å². The Labute approximate surface area is 218 Å². The van der Waals surface area contributed by atoms with Crippen molar-refractivity contribution in [2.75, 3.05) is 38.2 Å². The molecule has 2 fully saturated rings. The average Bonchev–Trinajstić information content (AvgIpc) is 3.16. The van der Waals surface area contributed by atoms with Crippen molar-refractivity contribution in [3.8, 4) is 0 Å². The van der Waals surface area contributed by atoms with Crippen LogP contribution in [0.2, 0.25) is 0 Å². The van der Waals surface area contributed by atoms with Gasteiger partial charge in [0.25, 0.3) is 5.91 Å². The summed E-state index contributed by atoms with van der Waals surface area (Å²) >= 11 is 0. The van der Waals surface area contributed by atoms with Crippen LogP contribution in [0.15, 0.2) is 42.5 Å². The molecule has 1 N–H and O–H groups in total. The molecule has 1 spiro atoms. The fraction of sp³-hybridized carbons (Fsp3) is 0.552. The molecular formula is C29H37N3O5. The normalized spacial score (nSPS) is 32.9. The molecule has 4 aliphatic heterocycles. The van der Waals surface area contributed by atoms with Crippen LogP contribution in [0.3, 0.4) is 0 Å². The molecule has 0 aliphatic carbocycles. The Balaban J connectivity index is 1.67. The number of fused-ring (bicyclic) bond motifs is 2. The molecule has 1 unspecified atom stereocenters. The number of likely N-dealkylation sites (N-methyl/N-ethyl adjacent to an activating group) is 1. The summed E-state index contributed by atoms with van der Waals surface area (Å²) in [4.78, 5) is 47.5. The first-order valence-corrected chi connectivity index (χ1v) is 13.3. The molecule has 0 bridgehead atoms. The lowest BCUT2D eigenvalue weighted by Crippen LogP contribution is -2.56. The molecule has 0 saturated carbocycles. The molecule has 2 saturated heterocycles. The molecular weight excluding hydrogens is 470 g/mol. The highest BCUT2D eigenvalue weighted by atomic mass is 16.5. The molecule has 0 aromatic heterocycles. The quantitative estimate of drug-likeness (QED) is 0.472. The summed E-state index contributed by atoms with van der Waals surface area (Å²) in [6, 6.07) is 5.04. The van der Waals surface area contributed by atoms with E-state index in [-0.39, 0.29) is 24.3 Å². The molecule has 5 rings (SSSR count). The molecule has 198 valence electrons. The van der Waals surface area contributed by atoms with Gasteiger partial charge >= 0.3 is 0 Å². The predicted octanol–water partition coefficient (Wildman–Crippen LogP) is 2.37. The Kier molecular flexibility index (Phi) is 6.52. The number of hydrogen-bond donors (Lipinski definition) is 1. The largest absolute Gasteiger partial charge is 0.396 e. The summed E-state index contributed by atoms with van der Waals surface area (Å²) in [5.41, 5.74) is 0.585. The third kappa shape index (κ3) is 3.67. The van der Waals surface area contributed by atoms with Gasteiger partial charge in [-0.1, -0.05) is 49.4 Å². The van der Waals surface area contributed by atoms with Gasteiger partial charge in [-0.2, -0.15) is 0 Å². The maximum Gasteiger partial charge on any atom is 0.253 e. The Morgan fingerprint density at radius 2 is 1.68 bits per heavy atom. The summed E-state index contributed by atoms with van der Waals surface area (Å²) in [6.07, 6.45) is 9.28. The van der Waals surface area contributed by atoms with E-state index in [2.05, 4.69) is 0 Å². The maximum atomic E-state index is 14.5. The number of ether oxygens (including phenoxy) is 1. The van der Waals surface area contributed by atoms with E-state index >= 15 is 0 Å². The van der Waals surface area contributed by atoms with Gasteiger partial charge < -0.3 is 24.5 Å². The summed E-state index contributed by atoms with van der Waals surface area (Å²) in [5, 5.41) is 9.39. The van der Waals surface area contributed by atoms with Crippen LogP contribution in [0.4, 0.5) is 5.69 Å². The first-order valence-electron chi connectivity index (χ1n) is 13.3. The zero-order valence-corrected chi connectivity index (χ0v) is 22.1. The van der Waals surface area contributed by atoms with E-state index in [0.29, 0.717) is 38.9 Å². The predicted molar refractivity (Wildman–Crippen MR) is 140 cm³/mol. The molecule has 8 heteroatoms. The van der Waals surface area contributed by atoms with Crippen molar-refractivity contribution in [1.82, 2.24) is 9.80 Å². The van der Waals surface area contributed by atoms with Crippen LogP contribution >= 0.6 is 0 Å². The van der Waals surface area contributed by atoms with Crippen molar-refractivity contribution in [2.24, 2.45) is 11.8 Å². The van der Waals surface area contributed by atoms with Gasteiger partial charge in [-0.15, -0.1) is 0 Å². The van der Waals surface area contributed by atoms with Crippen LogP contribution in [0.1, 0.15) is 37.3 Å². The number of rotatable bonds is 6. The SMILES string of the molecule is CC[C@@]12C=CCN(C)C(=O)[C@@H]1[C@H]1C(=O)N(CCCCO)C3C(=O)N(c4c(C)cccc4C)CC=C[C@@]31O2. The number of nitrogens with zero attached hydrogens (tertiary/aromatic N) is 3. The lowest BCUT2D eigenvalue weighted by Gasteiger charge is -2.38. The van der Waals surface area contributed by atoms with Crippen molar-refractivity contribution >= 4 is 23.4 Å². The number of aliphatic hydroxyl groups excluding tert-OH is 1. The van der Waals surface area contributed by atoms with E-state index in [1.54, 1.807) is 21.7 Å². The number of carbonyl (C=O) groups excluding carboxylic acids is 3. The monoisotopic (exact) mass is 507 g/mol. The fourth-order valence-corrected chi connectivity index (χ4v) is 6.95. The summed E-state index contributed by atoms with van der Waals surface area (Å²) < 4.78 is 6.94. The van der Waals surface area contributed by atoms with Gasteiger partial charge in [-0.3, -0.25) is 14.4 Å². The number of hydrogen-bond acceptors (Lipinski definition) is 5. The standard InChI is InChI=1S/C29H37N3O5/c1-5-28-13-9-15-30(4)25(34)21(28)22-26(35)32(16-6-7-18-33)24-27(36)31(17-10-14-29(22,24)37-28)23-19(2)11-8-12-20(23)3/h8-14,21-22,24,33H,5-7,15-18H2,1-4H3/t21-,22-,24?,28+,29-/m0/s1. The lowest BCUT2D eigenvalue weighted by molar-refractivity contribution is -0.149. The number of anilines is 1. The molecule has 4 aliphatic rings. The Morgan fingerprint density at radius 1 is 0.973 bits per heavy atom. The van der Waals surface area contributed by atoms with Crippen LogP contribution in [-0.4, -0.2) is 83.2 Å². The zero-order valence-electron chi connectivity index (χ0n) is 22.1.